The molecule has 0 saturated heterocycles. The van der Waals surface area contributed by atoms with E-state index in [4.69, 9.17) is 4.74 Å². The standard InChI is InChI=1S/C14H23NO2/c1-5-15-11(4)14(16)12-9-10(3)7-8-13(12)17-6-2/h7-9,11,14-16H,5-6H2,1-4H3. The Hall–Kier alpha value is -1.06. The van der Waals surface area contributed by atoms with Gasteiger partial charge in [0.25, 0.3) is 0 Å². The molecule has 1 aromatic carbocycles. The van der Waals surface area contributed by atoms with Crippen molar-refractivity contribution in [3.05, 3.63) is 29.3 Å². The molecular weight excluding hydrogens is 214 g/mol. The molecule has 0 saturated carbocycles. The van der Waals surface area contributed by atoms with Crippen LogP contribution in [-0.4, -0.2) is 24.3 Å². The SMILES string of the molecule is CCNC(C)C(O)c1cc(C)ccc1OCC. The first-order valence-electron chi connectivity index (χ1n) is 6.24. The topological polar surface area (TPSA) is 41.5 Å². The number of hydrogen-bond donors (Lipinski definition) is 2. The molecule has 0 heterocycles. The molecule has 2 N–H and O–H groups in total. The minimum atomic E-state index is -0.545. The van der Waals surface area contributed by atoms with E-state index >= 15 is 0 Å². The van der Waals surface area contributed by atoms with Crippen LogP contribution in [0.2, 0.25) is 0 Å². The predicted molar refractivity (Wildman–Crippen MR) is 70.4 cm³/mol. The number of nitrogens with one attached hydrogen (secondary N) is 1. The molecule has 3 nitrogen and oxygen atoms in total. The van der Waals surface area contributed by atoms with Gasteiger partial charge in [-0.1, -0.05) is 18.6 Å². The van der Waals surface area contributed by atoms with Gasteiger partial charge in [-0.15, -0.1) is 0 Å². The highest BCUT2D eigenvalue weighted by Crippen LogP contribution is 2.28. The van der Waals surface area contributed by atoms with E-state index < -0.39 is 6.10 Å². The highest BCUT2D eigenvalue weighted by Gasteiger charge is 2.19. The summed E-state index contributed by atoms with van der Waals surface area (Å²) in [7, 11) is 0. The van der Waals surface area contributed by atoms with E-state index in [-0.39, 0.29) is 6.04 Å². The number of aliphatic hydroxyl groups is 1. The number of aliphatic hydroxyl groups excluding tert-OH is 1. The summed E-state index contributed by atoms with van der Waals surface area (Å²) in [6, 6.07) is 5.93. The number of rotatable bonds is 6. The maximum Gasteiger partial charge on any atom is 0.125 e. The molecule has 0 bridgehead atoms. The van der Waals surface area contributed by atoms with E-state index in [1.54, 1.807) is 0 Å². The van der Waals surface area contributed by atoms with Crippen molar-refractivity contribution in [1.29, 1.82) is 0 Å². The third kappa shape index (κ3) is 3.72. The summed E-state index contributed by atoms with van der Waals surface area (Å²) in [5.41, 5.74) is 1.99. The summed E-state index contributed by atoms with van der Waals surface area (Å²) < 4.78 is 5.55. The molecule has 0 aromatic heterocycles. The Balaban J connectivity index is 2.96. The van der Waals surface area contributed by atoms with Gasteiger partial charge in [0.2, 0.25) is 0 Å². The summed E-state index contributed by atoms with van der Waals surface area (Å²) in [5, 5.41) is 13.5. The van der Waals surface area contributed by atoms with Crippen LogP contribution < -0.4 is 10.1 Å². The molecule has 0 spiro atoms. The van der Waals surface area contributed by atoms with Gasteiger partial charge in [0.05, 0.1) is 12.7 Å². The second-order valence-electron chi connectivity index (χ2n) is 4.27. The number of likely N-dealkylation sites (N-methyl/N-ethyl adjacent to an activating group) is 1. The smallest absolute Gasteiger partial charge is 0.125 e. The minimum Gasteiger partial charge on any atom is -0.493 e. The lowest BCUT2D eigenvalue weighted by Crippen LogP contribution is -2.32. The molecule has 17 heavy (non-hydrogen) atoms. The molecule has 0 aliphatic carbocycles. The van der Waals surface area contributed by atoms with Crippen molar-refractivity contribution in [2.75, 3.05) is 13.2 Å². The molecule has 3 heteroatoms. The van der Waals surface area contributed by atoms with Gasteiger partial charge in [-0.05, 0) is 39.4 Å². The summed E-state index contributed by atoms with van der Waals surface area (Å²) in [6.07, 6.45) is -0.545. The Morgan fingerprint density at radius 2 is 2.06 bits per heavy atom. The molecule has 0 radical (unpaired) electrons. The normalized spacial score (nSPS) is 14.4. The predicted octanol–water partition coefficient (Wildman–Crippen LogP) is 2.43. The lowest BCUT2D eigenvalue weighted by molar-refractivity contribution is 0.132. The second kappa shape index (κ2) is 6.62. The Morgan fingerprint density at radius 3 is 2.65 bits per heavy atom. The fourth-order valence-electron chi connectivity index (χ4n) is 1.89. The van der Waals surface area contributed by atoms with Crippen molar-refractivity contribution in [3.8, 4) is 5.75 Å². The monoisotopic (exact) mass is 237 g/mol. The van der Waals surface area contributed by atoms with Crippen LogP contribution in [0, 0.1) is 6.92 Å². The van der Waals surface area contributed by atoms with Crippen molar-refractivity contribution < 1.29 is 9.84 Å². The van der Waals surface area contributed by atoms with E-state index in [2.05, 4.69) is 5.32 Å². The Bertz CT molecular complexity index is 352. The molecule has 1 aromatic rings. The van der Waals surface area contributed by atoms with Gasteiger partial charge >= 0.3 is 0 Å². The van der Waals surface area contributed by atoms with Crippen LogP contribution in [0.1, 0.15) is 38.0 Å². The first-order valence-corrected chi connectivity index (χ1v) is 6.24. The maximum atomic E-state index is 10.3. The van der Waals surface area contributed by atoms with Gasteiger partial charge in [-0.25, -0.2) is 0 Å². The highest BCUT2D eigenvalue weighted by atomic mass is 16.5. The summed E-state index contributed by atoms with van der Waals surface area (Å²) in [5.74, 6) is 0.773. The van der Waals surface area contributed by atoms with E-state index in [1.807, 2.05) is 45.9 Å². The third-order valence-electron chi connectivity index (χ3n) is 2.78. The van der Waals surface area contributed by atoms with Crippen molar-refractivity contribution >= 4 is 0 Å². The quantitative estimate of drug-likeness (QED) is 0.798. The first-order chi connectivity index (χ1) is 8.10. The second-order valence-corrected chi connectivity index (χ2v) is 4.27. The Kier molecular flexibility index (Phi) is 5.45. The van der Waals surface area contributed by atoms with Gasteiger partial charge in [-0.2, -0.15) is 0 Å². The zero-order chi connectivity index (χ0) is 12.8. The molecule has 2 atom stereocenters. The fraction of sp³-hybridized carbons (Fsp3) is 0.571. The molecule has 96 valence electrons. The van der Waals surface area contributed by atoms with Crippen LogP contribution in [0.15, 0.2) is 18.2 Å². The number of aryl methyl sites for hydroxylation is 1. The Labute approximate surface area is 104 Å². The van der Waals surface area contributed by atoms with Crippen molar-refractivity contribution in [3.63, 3.8) is 0 Å². The lowest BCUT2D eigenvalue weighted by Gasteiger charge is -2.22. The van der Waals surface area contributed by atoms with Gasteiger partial charge in [0.1, 0.15) is 5.75 Å². The molecule has 0 amide bonds. The lowest BCUT2D eigenvalue weighted by atomic mass is 10.0. The van der Waals surface area contributed by atoms with Crippen LogP contribution in [0.25, 0.3) is 0 Å². The molecule has 0 fully saturated rings. The van der Waals surface area contributed by atoms with Crippen LogP contribution in [0.3, 0.4) is 0 Å². The first kappa shape index (κ1) is 14.0. The van der Waals surface area contributed by atoms with E-state index in [9.17, 15) is 5.11 Å². The number of hydrogen-bond acceptors (Lipinski definition) is 3. The highest BCUT2D eigenvalue weighted by molar-refractivity contribution is 5.39. The summed E-state index contributed by atoms with van der Waals surface area (Å²) >= 11 is 0. The number of benzene rings is 1. The van der Waals surface area contributed by atoms with Crippen LogP contribution in [-0.2, 0) is 0 Å². The van der Waals surface area contributed by atoms with Crippen LogP contribution in [0.5, 0.6) is 5.75 Å². The fourth-order valence-corrected chi connectivity index (χ4v) is 1.89. The van der Waals surface area contributed by atoms with E-state index in [1.165, 1.54) is 0 Å². The van der Waals surface area contributed by atoms with Crippen LogP contribution in [0.4, 0.5) is 0 Å². The van der Waals surface area contributed by atoms with Gasteiger partial charge in [0.15, 0.2) is 0 Å². The zero-order valence-electron chi connectivity index (χ0n) is 11.2. The molecular formula is C14H23NO2. The van der Waals surface area contributed by atoms with Gasteiger partial charge < -0.3 is 15.2 Å². The molecule has 0 aliphatic rings. The van der Waals surface area contributed by atoms with Crippen molar-refractivity contribution in [2.45, 2.75) is 39.8 Å². The van der Waals surface area contributed by atoms with Gasteiger partial charge in [-0.3, -0.25) is 0 Å². The minimum absolute atomic E-state index is 0.0148. The third-order valence-corrected chi connectivity index (χ3v) is 2.78. The Morgan fingerprint density at radius 1 is 1.35 bits per heavy atom. The maximum absolute atomic E-state index is 10.3. The van der Waals surface area contributed by atoms with Crippen LogP contribution >= 0.6 is 0 Å². The molecule has 1 rings (SSSR count). The molecule has 0 aliphatic heterocycles. The van der Waals surface area contributed by atoms with E-state index in [0.717, 1.165) is 23.4 Å². The zero-order valence-corrected chi connectivity index (χ0v) is 11.2. The number of ether oxygens (including phenoxy) is 1. The molecule has 2 unspecified atom stereocenters. The summed E-state index contributed by atoms with van der Waals surface area (Å²) in [4.78, 5) is 0. The van der Waals surface area contributed by atoms with Crippen molar-refractivity contribution in [2.24, 2.45) is 0 Å². The van der Waals surface area contributed by atoms with E-state index in [0.29, 0.717) is 6.61 Å². The largest absolute Gasteiger partial charge is 0.493 e. The van der Waals surface area contributed by atoms with Gasteiger partial charge in [0, 0.05) is 11.6 Å². The average Bonchev–Trinajstić information content (AvgIpc) is 2.31. The summed E-state index contributed by atoms with van der Waals surface area (Å²) in [6.45, 7) is 9.43. The van der Waals surface area contributed by atoms with Crippen molar-refractivity contribution in [1.82, 2.24) is 5.32 Å². The average molecular weight is 237 g/mol.